The molecule has 0 bridgehead atoms. The van der Waals surface area contributed by atoms with E-state index in [1.54, 1.807) is 13.0 Å². The molecule has 2 saturated heterocycles. The lowest BCUT2D eigenvalue weighted by Gasteiger charge is -2.46. The Morgan fingerprint density at radius 2 is 1.51 bits per heavy atom. The number of hydrogen-bond acceptors (Lipinski definition) is 14. The zero-order chi connectivity index (χ0) is 33.5. The lowest BCUT2D eigenvalue weighted by molar-refractivity contribution is -0.353. The van der Waals surface area contributed by atoms with E-state index in [0.29, 0.717) is 5.56 Å². The summed E-state index contributed by atoms with van der Waals surface area (Å²) < 4.78 is 40.4. The van der Waals surface area contributed by atoms with Gasteiger partial charge in [0.05, 0.1) is 23.0 Å². The summed E-state index contributed by atoms with van der Waals surface area (Å²) in [5.41, 5.74) is -1.10. The van der Waals surface area contributed by atoms with Crippen LogP contribution in [0.5, 0.6) is 11.5 Å². The molecule has 5 N–H and O–H groups in total. The predicted molar refractivity (Wildman–Crippen MR) is 165 cm³/mol. The molecule has 47 heavy (non-hydrogen) atoms. The summed E-state index contributed by atoms with van der Waals surface area (Å²) in [6.45, 7) is 6.77. The highest BCUT2D eigenvalue weighted by molar-refractivity contribution is 6.28. The van der Waals surface area contributed by atoms with Crippen molar-refractivity contribution in [2.24, 2.45) is 0 Å². The van der Waals surface area contributed by atoms with Crippen molar-refractivity contribution in [3.05, 3.63) is 63.3 Å². The van der Waals surface area contributed by atoms with E-state index in [9.17, 15) is 35.1 Å². The topological polar surface area (TPSA) is 208 Å². The van der Waals surface area contributed by atoms with Crippen LogP contribution in [0.2, 0.25) is 0 Å². The van der Waals surface area contributed by atoms with Crippen LogP contribution in [0.3, 0.4) is 0 Å². The van der Waals surface area contributed by atoms with Gasteiger partial charge in [-0.1, -0.05) is 24.8 Å². The average molecular weight is 653 g/mol. The zero-order valence-electron chi connectivity index (χ0n) is 25.4. The molecule has 2 fully saturated rings. The van der Waals surface area contributed by atoms with Crippen LogP contribution in [0.1, 0.15) is 19.4 Å². The minimum absolute atomic E-state index is 0.00638. The molecule has 0 aliphatic carbocycles. The Labute approximate surface area is 264 Å². The van der Waals surface area contributed by atoms with E-state index < -0.39 is 78.4 Å². The molecule has 0 spiro atoms. The first kappa shape index (κ1) is 31.5. The fourth-order valence-corrected chi connectivity index (χ4v) is 6.55. The number of aromatic hydroxyl groups is 1. The molecule has 0 unspecified atom stereocenters. The lowest BCUT2D eigenvalue weighted by Crippen LogP contribution is -2.64. The van der Waals surface area contributed by atoms with Gasteiger partial charge < -0.3 is 58.1 Å². The molecular weight excluding hydrogens is 620 g/mol. The van der Waals surface area contributed by atoms with Gasteiger partial charge in [0.15, 0.2) is 18.0 Å². The van der Waals surface area contributed by atoms with Crippen LogP contribution in [-0.2, 0) is 18.9 Å². The van der Waals surface area contributed by atoms with Crippen molar-refractivity contribution in [3.8, 4) is 11.5 Å². The van der Waals surface area contributed by atoms with Gasteiger partial charge in [-0.3, -0.25) is 0 Å². The normalized spacial score (nSPS) is 31.6. The highest BCUT2D eigenvalue weighted by Gasteiger charge is 2.50. The van der Waals surface area contributed by atoms with Gasteiger partial charge in [-0.15, -0.1) is 0 Å². The highest BCUT2D eigenvalue weighted by Crippen LogP contribution is 2.45. The molecule has 14 nitrogen and oxygen atoms in total. The second-order valence-electron chi connectivity index (χ2n) is 11.8. The Morgan fingerprint density at radius 3 is 2.23 bits per heavy atom. The van der Waals surface area contributed by atoms with Crippen LogP contribution >= 0.6 is 0 Å². The van der Waals surface area contributed by atoms with Crippen LogP contribution in [0.15, 0.2) is 55.3 Å². The number of fused-ring (bicyclic) bond motifs is 2. The maximum absolute atomic E-state index is 13.4. The molecule has 7 rings (SSSR count). The minimum Gasteiger partial charge on any atom is -0.506 e. The van der Waals surface area contributed by atoms with E-state index in [0.717, 1.165) is 0 Å². The molecule has 3 aromatic carbocycles. The molecule has 248 valence electrons. The Bertz CT molecular complexity index is 2120. The number of rotatable bonds is 6. The maximum Gasteiger partial charge on any atom is 0.348 e. The fourth-order valence-electron chi connectivity index (χ4n) is 6.55. The standard InChI is InChI=1S/C33H32O14/c1-5-13-9-15-18-17(10-13)44-31(40)21-20(18)27(46-30(15)39)19-14(24(21)36)7-6-8-16(19)45-33-29(25(37)22(34)11(2)43-33)47-32-26(38)28(41-4)23(35)12(3)42-32/h5-12,22-23,25-26,28-29,32-38H,1H2,2-4H3/t11-,12-,22+,23+,25+,26-,28+,29-,32-,33+/m1/s1. The van der Waals surface area contributed by atoms with Crippen LogP contribution in [-0.4, -0.2) is 94.1 Å². The fraction of sp³-hybridized carbons (Fsp3) is 0.394. The van der Waals surface area contributed by atoms with Gasteiger partial charge in [0.1, 0.15) is 53.0 Å². The first-order chi connectivity index (χ1) is 22.4. The molecule has 2 aromatic heterocycles. The third-order valence-corrected chi connectivity index (χ3v) is 9.03. The predicted octanol–water partition coefficient (Wildman–Crippen LogP) is 1.70. The van der Waals surface area contributed by atoms with Crippen molar-refractivity contribution in [2.75, 3.05) is 7.11 Å². The molecule has 2 aliphatic heterocycles. The van der Waals surface area contributed by atoms with Gasteiger partial charge in [0, 0.05) is 23.3 Å². The largest absolute Gasteiger partial charge is 0.506 e. The zero-order valence-corrected chi connectivity index (χ0v) is 25.4. The van der Waals surface area contributed by atoms with Gasteiger partial charge in [-0.2, -0.15) is 0 Å². The number of phenolic OH excluding ortho intramolecular Hbond substituents is 1. The van der Waals surface area contributed by atoms with E-state index in [1.807, 2.05) is 0 Å². The third-order valence-electron chi connectivity index (χ3n) is 9.03. The Morgan fingerprint density at radius 1 is 0.787 bits per heavy atom. The molecule has 0 saturated carbocycles. The van der Waals surface area contributed by atoms with Crippen molar-refractivity contribution >= 4 is 49.6 Å². The number of methoxy groups -OCH3 is 1. The summed E-state index contributed by atoms with van der Waals surface area (Å²) in [6, 6.07) is 7.57. The summed E-state index contributed by atoms with van der Waals surface area (Å²) in [6.07, 6.45) is -11.5. The molecule has 10 atom stereocenters. The SMILES string of the molecule is C=Cc1cc2oc(=O)c3c(O)c4cccc(O[C@@H]5O[C@H](C)[C@H](O)[C@H](O)[C@H]5O[C@H]5O[C@H](C)[C@H](O)[C@H](OC)[C@H]5O)c4c4oc(=O)c(c1)c2c34. The van der Waals surface area contributed by atoms with Crippen molar-refractivity contribution in [1.29, 1.82) is 0 Å². The van der Waals surface area contributed by atoms with Crippen LogP contribution < -0.4 is 16.0 Å². The van der Waals surface area contributed by atoms with Crippen LogP contribution in [0.4, 0.5) is 0 Å². The van der Waals surface area contributed by atoms with Gasteiger partial charge in [0.25, 0.3) is 0 Å². The minimum atomic E-state index is -1.61. The number of phenols is 1. The number of ether oxygens (including phenoxy) is 5. The molecule has 0 radical (unpaired) electrons. The summed E-state index contributed by atoms with van der Waals surface area (Å²) in [7, 11) is 1.30. The van der Waals surface area contributed by atoms with Crippen molar-refractivity contribution in [2.45, 2.75) is 75.3 Å². The second-order valence-corrected chi connectivity index (χ2v) is 11.8. The molecule has 4 heterocycles. The smallest absolute Gasteiger partial charge is 0.348 e. The van der Waals surface area contributed by atoms with E-state index >= 15 is 0 Å². The molecule has 14 heteroatoms. The van der Waals surface area contributed by atoms with E-state index in [4.69, 9.17) is 32.5 Å². The molecular formula is C33H32O14. The first-order valence-corrected chi connectivity index (χ1v) is 14.9. The van der Waals surface area contributed by atoms with Crippen molar-refractivity contribution < 1.29 is 58.1 Å². The number of aliphatic hydroxyl groups is 4. The summed E-state index contributed by atoms with van der Waals surface area (Å²) >= 11 is 0. The van der Waals surface area contributed by atoms with E-state index in [1.165, 1.54) is 44.4 Å². The number of benzene rings is 3. The monoisotopic (exact) mass is 652 g/mol. The van der Waals surface area contributed by atoms with Crippen LogP contribution in [0.25, 0.3) is 49.6 Å². The van der Waals surface area contributed by atoms with Gasteiger partial charge in [-0.05, 0) is 37.6 Å². The average Bonchev–Trinajstić information content (AvgIpc) is 3.05. The van der Waals surface area contributed by atoms with E-state index in [2.05, 4.69) is 6.58 Å². The highest BCUT2D eigenvalue weighted by atomic mass is 16.8. The molecule has 5 aromatic rings. The Kier molecular flexibility index (Phi) is 7.73. The van der Waals surface area contributed by atoms with Gasteiger partial charge >= 0.3 is 11.3 Å². The van der Waals surface area contributed by atoms with Crippen LogP contribution in [0, 0.1) is 0 Å². The molecule has 2 aliphatic rings. The first-order valence-electron chi connectivity index (χ1n) is 14.9. The third kappa shape index (κ3) is 4.79. The summed E-state index contributed by atoms with van der Waals surface area (Å²) in [5.74, 6) is -0.456. The van der Waals surface area contributed by atoms with Gasteiger partial charge in [-0.25, -0.2) is 9.59 Å². The van der Waals surface area contributed by atoms with E-state index in [-0.39, 0.29) is 49.2 Å². The summed E-state index contributed by atoms with van der Waals surface area (Å²) in [5, 5.41) is 54.9. The van der Waals surface area contributed by atoms with Gasteiger partial charge in [0.2, 0.25) is 6.29 Å². The number of aliphatic hydroxyl groups excluding tert-OH is 4. The maximum atomic E-state index is 13.4. The summed E-state index contributed by atoms with van der Waals surface area (Å²) in [4.78, 5) is 26.6. The quantitative estimate of drug-likeness (QED) is 0.101. The lowest BCUT2D eigenvalue weighted by atomic mass is 9.96. The van der Waals surface area contributed by atoms with Crippen molar-refractivity contribution in [1.82, 2.24) is 0 Å². The Balaban J connectivity index is 1.38. The Hall–Kier alpha value is -4.12. The van der Waals surface area contributed by atoms with Crippen molar-refractivity contribution in [3.63, 3.8) is 0 Å². The number of hydrogen-bond donors (Lipinski definition) is 5. The molecule has 0 amide bonds. The second kappa shape index (κ2) is 11.5.